The molecule has 4 rings (SSSR count). The van der Waals surface area contributed by atoms with Crippen molar-refractivity contribution in [2.75, 3.05) is 10.6 Å². The lowest BCUT2D eigenvalue weighted by molar-refractivity contribution is 0.101. The Morgan fingerprint density at radius 1 is 0.742 bits per heavy atom. The van der Waals surface area contributed by atoms with Crippen molar-refractivity contribution in [2.24, 2.45) is 0 Å². The highest BCUT2D eigenvalue weighted by Crippen LogP contribution is 2.41. The summed E-state index contributed by atoms with van der Waals surface area (Å²) in [7, 11) is 0. The van der Waals surface area contributed by atoms with Gasteiger partial charge in [-0.15, -0.1) is 0 Å². The van der Waals surface area contributed by atoms with Crippen LogP contribution in [0.5, 0.6) is 0 Å². The number of nitrogens with one attached hydrogen (secondary N) is 3. The van der Waals surface area contributed by atoms with E-state index in [1.807, 2.05) is 18.2 Å². The summed E-state index contributed by atoms with van der Waals surface area (Å²) < 4.78 is 0. The van der Waals surface area contributed by atoms with E-state index in [1.54, 1.807) is 60.7 Å². The summed E-state index contributed by atoms with van der Waals surface area (Å²) >= 11 is 0. The third-order valence-electron chi connectivity index (χ3n) is 5.11. The summed E-state index contributed by atoms with van der Waals surface area (Å²) in [5.74, 6) is -0.365. The van der Waals surface area contributed by atoms with E-state index in [2.05, 4.69) is 16.0 Å². The van der Waals surface area contributed by atoms with Crippen molar-refractivity contribution in [1.29, 1.82) is 0 Å². The van der Waals surface area contributed by atoms with Crippen LogP contribution in [-0.2, 0) is 0 Å². The molecule has 0 bridgehead atoms. The quantitative estimate of drug-likeness (QED) is 0.481. The lowest BCUT2D eigenvalue weighted by atomic mass is 10.1. The fourth-order valence-corrected chi connectivity index (χ4v) is 3.43. The first-order valence-corrected chi connectivity index (χ1v) is 9.87. The number of anilines is 2. The molecule has 2 unspecified atom stereocenters. The molecule has 156 valence electrons. The van der Waals surface area contributed by atoms with Crippen LogP contribution in [-0.4, -0.2) is 29.1 Å². The number of carboxylic acid groups (broad SMARTS) is 1. The van der Waals surface area contributed by atoms with Gasteiger partial charge in [0.25, 0.3) is 11.8 Å². The standard InChI is InChI=1S/C24H21N3O4/c28-22(16-5-2-1-3-6-16)26-19-8-4-7-17(13-19)23(29)25-18-11-9-15(10-12-18)20-14-21(20)27-24(30)31/h1-13,20-21,27H,14H2,(H,25,29)(H,26,28)(H,30,31). The van der Waals surface area contributed by atoms with Gasteiger partial charge in [0, 0.05) is 34.5 Å². The molecule has 1 saturated carbocycles. The Hall–Kier alpha value is -4.13. The fourth-order valence-electron chi connectivity index (χ4n) is 3.43. The minimum Gasteiger partial charge on any atom is -0.465 e. The Balaban J connectivity index is 1.37. The maximum absolute atomic E-state index is 12.6. The number of carbonyl (C=O) groups is 3. The number of benzene rings is 3. The number of hydrogen-bond acceptors (Lipinski definition) is 3. The lowest BCUT2D eigenvalue weighted by Gasteiger charge is -2.09. The van der Waals surface area contributed by atoms with Gasteiger partial charge < -0.3 is 21.1 Å². The molecular weight excluding hydrogens is 394 g/mol. The number of carbonyl (C=O) groups excluding carboxylic acids is 2. The molecule has 0 radical (unpaired) electrons. The first kappa shape index (κ1) is 20.2. The highest BCUT2D eigenvalue weighted by atomic mass is 16.4. The Kier molecular flexibility index (Phi) is 5.66. The number of hydrogen-bond donors (Lipinski definition) is 4. The molecule has 1 aliphatic rings. The summed E-state index contributed by atoms with van der Waals surface area (Å²) in [6, 6.07) is 22.9. The maximum Gasteiger partial charge on any atom is 0.404 e. The van der Waals surface area contributed by atoms with Gasteiger partial charge in [-0.25, -0.2) is 4.79 Å². The monoisotopic (exact) mass is 415 g/mol. The molecule has 4 N–H and O–H groups in total. The molecule has 1 fully saturated rings. The van der Waals surface area contributed by atoms with Crippen LogP contribution in [0.25, 0.3) is 0 Å². The molecule has 0 heterocycles. The Morgan fingerprint density at radius 2 is 1.39 bits per heavy atom. The summed E-state index contributed by atoms with van der Waals surface area (Å²) in [5.41, 5.74) is 3.15. The molecule has 3 amide bonds. The van der Waals surface area contributed by atoms with E-state index >= 15 is 0 Å². The molecule has 31 heavy (non-hydrogen) atoms. The van der Waals surface area contributed by atoms with Crippen LogP contribution >= 0.6 is 0 Å². The van der Waals surface area contributed by atoms with Gasteiger partial charge in [-0.05, 0) is 54.4 Å². The van der Waals surface area contributed by atoms with Crippen molar-refractivity contribution in [3.8, 4) is 0 Å². The van der Waals surface area contributed by atoms with Gasteiger partial charge in [-0.2, -0.15) is 0 Å². The van der Waals surface area contributed by atoms with E-state index in [4.69, 9.17) is 5.11 Å². The van der Waals surface area contributed by atoms with E-state index in [9.17, 15) is 14.4 Å². The molecular formula is C24H21N3O4. The van der Waals surface area contributed by atoms with Crippen molar-refractivity contribution in [3.05, 3.63) is 95.6 Å². The summed E-state index contributed by atoms with van der Waals surface area (Å²) in [6.45, 7) is 0. The number of amides is 3. The number of rotatable bonds is 6. The highest BCUT2D eigenvalue weighted by molar-refractivity contribution is 6.07. The van der Waals surface area contributed by atoms with Gasteiger partial charge in [0.15, 0.2) is 0 Å². The van der Waals surface area contributed by atoms with Gasteiger partial charge in [0.2, 0.25) is 0 Å². The van der Waals surface area contributed by atoms with E-state index in [-0.39, 0.29) is 23.8 Å². The molecule has 0 aliphatic heterocycles. The molecule has 3 aromatic rings. The first-order valence-electron chi connectivity index (χ1n) is 9.87. The fraction of sp³-hybridized carbons (Fsp3) is 0.125. The summed E-state index contributed by atoms with van der Waals surface area (Å²) in [5, 5.41) is 16.9. The Bertz CT molecular complexity index is 1110. The lowest BCUT2D eigenvalue weighted by Crippen LogP contribution is -2.24. The third-order valence-corrected chi connectivity index (χ3v) is 5.11. The second-order valence-corrected chi connectivity index (χ2v) is 7.38. The minimum absolute atomic E-state index is 0.0493. The van der Waals surface area contributed by atoms with Crippen LogP contribution in [0.2, 0.25) is 0 Å². The Morgan fingerprint density at radius 3 is 2.10 bits per heavy atom. The minimum atomic E-state index is -1.02. The van der Waals surface area contributed by atoms with Crippen LogP contribution in [0.15, 0.2) is 78.9 Å². The molecule has 0 saturated heterocycles. The second kappa shape index (κ2) is 8.71. The van der Waals surface area contributed by atoms with Crippen LogP contribution in [0, 0.1) is 0 Å². The summed E-state index contributed by atoms with van der Waals surface area (Å²) in [4.78, 5) is 35.6. The van der Waals surface area contributed by atoms with Crippen LogP contribution in [0.4, 0.5) is 16.2 Å². The van der Waals surface area contributed by atoms with Crippen LogP contribution in [0.1, 0.15) is 38.6 Å². The van der Waals surface area contributed by atoms with E-state index in [0.717, 1.165) is 12.0 Å². The third kappa shape index (κ3) is 5.08. The van der Waals surface area contributed by atoms with Gasteiger partial charge in [0.05, 0.1) is 0 Å². The average Bonchev–Trinajstić information content (AvgIpc) is 3.53. The zero-order chi connectivity index (χ0) is 21.8. The zero-order valence-corrected chi connectivity index (χ0v) is 16.5. The maximum atomic E-state index is 12.6. The topological polar surface area (TPSA) is 108 Å². The molecule has 7 heteroatoms. The SMILES string of the molecule is O=C(O)NC1CC1c1ccc(NC(=O)c2cccc(NC(=O)c3ccccc3)c2)cc1. The molecule has 0 aromatic heterocycles. The molecule has 0 spiro atoms. The second-order valence-electron chi connectivity index (χ2n) is 7.38. The van der Waals surface area contributed by atoms with E-state index < -0.39 is 6.09 Å². The van der Waals surface area contributed by atoms with Gasteiger partial charge in [-0.1, -0.05) is 36.4 Å². The van der Waals surface area contributed by atoms with E-state index in [1.165, 1.54) is 0 Å². The highest BCUT2D eigenvalue weighted by Gasteiger charge is 2.39. The van der Waals surface area contributed by atoms with Crippen molar-refractivity contribution in [2.45, 2.75) is 18.4 Å². The van der Waals surface area contributed by atoms with E-state index in [0.29, 0.717) is 22.5 Å². The van der Waals surface area contributed by atoms with Gasteiger partial charge in [0.1, 0.15) is 0 Å². The average molecular weight is 415 g/mol. The molecule has 3 aromatic carbocycles. The van der Waals surface area contributed by atoms with Crippen LogP contribution < -0.4 is 16.0 Å². The van der Waals surface area contributed by atoms with Crippen molar-refractivity contribution >= 4 is 29.3 Å². The molecule has 1 aliphatic carbocycles. The van der Waals surface area contributed by atoms with Crippen LogP contribution in [0.3, 0.4) is 0 Å². The van der Waals surface area contributed by atoms with Crippen molar-refractivity contribution in [3.63, 3.8) is 0 Å². The van der Waals surface area contributed by atoms with Gasteiger partial charge in [-0.3, -0.25) is 9.59 Å². The summed E-state index contributed by atoms with van der Waals surface area (Å²) in [6.07, 6.45) is -0.238. The largest absolute Gasteiger partial charge is 0.465 e. The normalized spacial score (nSPS) is 16.8. The molecule has 2 atom stereocenters. The predicted molar refractivity (Wildman–Crippen MR) is 118 cm³/mol. The Labute approximate surface area is 179 Å². The van der Waals surface area contributed by atoms with Crippen molar-refractivity contribution in [1.82, 2.24) is 5.32 Å². The molecule has 7 nitrogen and oxygen atoms in total. The smallest absolute Gasteiger partial charge is 0.404 e. The zero-order valence-electron chi connectivity index (χ0n) is 16.5. The van der Waals surface area contributed by atoms with Gasteiger partial charge >= 0.3 is 6.09 Å². The van der Waals surface area contributed by atoms with Crippen molar-refractivity contribution < 1.29 is 19.5 Å². The first-order chi connectivity index (χ1) is 15.0. The predicted octanol–water partition coefficient (Wildman–Crippen LogP) is 4.31.